The summed E-state index contributed by atoms with van der Waals surface area (Å²) in [5.74, 6) is -0.638. The molecule has 0 heterocycles. The van der Waals surface area contributed by atoms with Crippen LogP contribution in [0.15, 0.2) is 53.1 Å². The summed E-state index contributed by atoms with van der Waals surface area (Å²) < 4.78 is 4.67. The van der Waals surface area contributed by atoms with E-state index < -0.39 is 5.97 Å². The highest BCUT2D eigenvalue weighted by Crippen LogP contribution is 2.38. The normalized spacial score (nSPS) is 12.5. The van der Waals surface area contributed by atoms with E-state index >= 15 is 0 Å². The maximum atomic E-state index is 11.7. The molecule has 0 aromatic heterocycles. The molecular weight excluding hydrogens is 320 g/mol. The first-order chi connectivity index (χ1) is 11.7. The van der Waals surface area contributed by atoms with E-state index in [1.165, 1.54) is 41.1 Å². The van der Waals surface area contributed by atoms with Gasteiger partial charge in [-0.3, -0.25) is 0 Å². The fourth-order valence-electron chi connectivity index (χ4n) is 2.84. The molecule has 0 atom stereocenters. The lowest BCUT2D eigenvalue weighted by molar-refractivity contribution is -0.135. The highest BCUT2D eigenvalue weighted by Gasteiger charge is 2.19. The molecule has 0 unspecified atom stereocenters. The van der Waals surface area contributed by atoms with Crippen LogP contribution in [-0.4, -0.2) is 19.3 Å². The standard InChI is InChI=1S/C19H16N2O2S/c1-23-19(22)17(11-20)18(24-2)21-14-8-7-13-9-12-5-3-4-6-15(12)16(13)10-14/h3-8,10,21H,9H2,1-2H3. The van der Waals surface area contributed by atoms with Crippen LogP contribution < -0.4 is 5.32 Å². The molecule has 0 amide bonds. The summed E-state index contributed by atoms with van der Waals surface area (Å²) in [5.41, 5.74) is 5.84. The molecule has 1 aliphatic carbocycles. The monoisotopic (exact) mass is 336 g/mol. The van der Waals surface area contributed by atoms with Gasteiger partial charge in [0.15, 0.2) is 5.57 Å². The van der Waals surface area contributed by atoms with Crippen LogP contribution in [0.25, 0.3) is 11.1 Å². The molecule has 120 valence electrons. The fourth-order valence-corrected chi connectivity index (χ4v) is 3.39. The lowest BCUT2D eigenvalue weighted by atomic mass is 10.1. The minimum Gasteiger partial charge on any atom is -0.465 e. The molecule has 3 rings (SSSR count). The summed E-state index contributed by atoms with van der Waals surface area (Å²) in [7, 11) is 1.27. The molecule has 0 bridgehead atoms. The molecule has 5 heteroatoms. The smallest absolute Gasteiger partial charge is 0.351 e. The fraction of sp³-hybridized carbons (Fsp3) is 0.158. The number of nitrogens with zero attached hydrogens (tertiary/aromatic N) is 1. The minimum absolute atomic E-state index is 0.0223. The zero-order chi connectivity index (χ0) is 17.1. The number of nitriles is 1. The maximum absolute atomic E-state index is 11.7. The van der Waals surface area contributed by atoms with Crippen molar-refractivity contribution in [2.45, 2.75) is 6.42 Å². The second-order valence-corrected chi connectivity index (χ2v) is 6.16. The van der Waals surface area contributed by atoms with Gasteiger partial charge >= 0.3 is 5.97 Å². The third-order valence-electron chi connectivity index (χ3n) is 3.99. The predicted octanol–water partition coefficient (Wildman–Crippen LogP) is 3.94. The van der Waals surface area contributed by atoms with Crippen LogP contribution >= 0.6 is 11.8 Å². The van der Waals surface area contributed by atoms with Crippen molar-refractivity contribution in [1.29, 1.82) is 5.26 Å². The molecule has 24 heavy (non-hydrogen) atoms. The van der Waals surface area contributed by atoms with Crippen molar-refractivity contribution in [1.82, 2.24) is 0 Å². The second-order valence-electron chi connectivity index (χ2n) is 5.34. The van der Waals surface area contributed by atoms with Crippen LogP contribution in [0.2, 0.25) is 0 Å². The van der Waals surface area contributed by atoms with Gasteiger partial charge in [0.1, 0.15) is 6.07 Å². The van der Waals surface area contributed by atoms with Gasteiger partial charge in [0, 0.05) is 5.69 Å². The summed E-state index contributed by atoms with van der Waals surface area (Å²) in [4.78, 5) is 11.7. The molecule has 1 aliphatic rings. The molecule has 0 radical (unpaired) electrons. The second kappa shape index (κ2) is 6.81. The van der Waals surface area contributed by atoms with Crippen LogP contribution in [0.1, 0.15) is 11.1 Å². The Hall–Kier alpha value is -2.71. The van der Waals surface area contributed by atoms with Gasteiger partial charge in [-0.05, 0) is 47.1 Å². The molecule has 0 saturated heterocycles. The summed E-state index contributed by atoms with van der Waals surface area (Å²) in [6, 6.07) is 16.4. The number of rotatable bonds is 4. The topological polar surface area (TPSA) is 62.1 Å². The molecule has 0 aliphatic heterocycles. The number of thioether (sulfide) groups is 1. The Labute approximate surface area is 145 Å². The Bertz CT molecular complexity index is 881. The van der Waals surface area contributed by atoms with Crippen LogP contribution in [0.5, 0.6) is 0 Å². The Morgan fingerprint density at radius 1 is 1.21 bits per heavy atom. The largest absolute Gasteiger partial charge is 0.465 e. The number of carbonyl (C=O) groups is 1. The van der Waals surface area contributed by atoms with Crippen molar-refractivity contribution in [3.63, 3.8) is 0 Å². The number of ether oxygens (including phenoxy) is 1. The van der Waals surface area contributed by atoms with E-state index in [1.54, 1.807) is 0 Å². The summed E-state index contributed by atoms with van der Waals surface area (Å²) >= 11 is 1.31. The molecule has 1 N–H and O–H groups in total. The Balaban J connectivity index is 1.97. The highest BCUT2D eigenvalue weighted by atomic mass is 32.2. The predicted molar refractivity (Wildman–Crippen MR) is 96.5 cm³/mol. The van der Waals surface area contributed by atoms with Crippen molar-refractivity contribution >= 4 is 23.4 Å². The van der Waals surface area contributed by atoms with Gasteiger partial charge in [-0.1, -0.05) is 30.3 Å². The van der Waals surface area contributed by atoms with Gasteiger partial charge in [0.2, 0.25) is 0 Å². The molecule has 0 spiro atoms. The van der Waals surface area contributed by atoms with Crippen molar-refractivity contribution < 1.29 is 9.53 Å². The third kappa shape index (κ3) is 2.89. The first kappa shape index (κ1) is 16.2. The number of hydrogen-bond acceptors (Lipinski definition) is 5. The zero-order valence-electron chi connectivity index (χ0n) is 13.4. The maximum Gasteiger partial charge on any atom is 0.351 e. The summed E-state index contributed by atoms with van der Waals surface area (Å²) in [5, 5.41) is 12.9. The molecule has 2 aromatic carbocycles. The van der Waals surface area contributed by atoms with E-state index in [0.29, 0.717) is 5.03 Å². The molecule has 0 fully saturated rings. The lowest BCUT2D eigenvalue weighted by Gasteiger charge is -2.12. The number of esters is 1. The van der Waals surface area contributed by atoms with E-state index in [1.807, 2.05) is 30.5 Å². The van der Waals surface area contributed by atoms with Crippen LogP contribution in [0, 0.1) is 11.3 Å². The van der Waals surface area contributed by atoms with Gasteiger partial charge in [-0.25, -0.2) is 4.79 Å². The van der Waals surface area contributed by atoms with E-state index in [4.69, 9.17) is 0 Å². The first-order valence-corrected chi connectivity index (χ1v) is 8.65. The van der Waals surface area contributed by atoms with Crippen molar-refractivity contribution in [2.75, 3.05) is 18.7 Å². The number of carbonyl (C=O) groups excluding carboxylic acids is 1. The van der Waals surface area contributed by atoms with Crippen molar-refractivity contribution in [3.8, 4) is 17.2 Å². The average Bonchev–Trinajstić information content (AvgIpc) is 2.99. The minimum atomic E-state index is -0.638. The average molecular weight is 336 g/mol. The van der Waals surface area contributed by atoms with Gasteiger partial charge in [-0.15, -0.1) is 11.8 Å². The van der Waals surface area contributed by atoms with E-state index in [9.17, 15) is 10.1 Å². The van der Waals surface area contributed by atoms with Crippen LogP contribution in [0.4, 0.5) is 5.69 Å². The number of anilines is 1. The summed E-state index contributed by atoms with van der Waals surface area (Å²) in [6.45, 7) is 0. The first-order valence-electron chi connectivity index (χ1n) is 7.42. The van der Waals surface area contributed by atoms with Gasteiger partial charge < -0.3 is 10.1 Å². The molecular formula is C19H16N2O2S. The van der Waals surface area contributed by atoms with E-state index in [0.717, 1.165) is 12.1 Å². The molecule has 0 saturated carbocycles. The number of benzene rings is 2. The van der Waals surface area contributed by atoms with Crippen LogP contribution in [0.3, 0.4) is 0 Å². The van der Waals surface area contributed by atoms with Crippen LogP contribution in [-0.2, 0) is 16.0 Å². The van der Waals surface area contributed by atoms with Crippen molar-refractivity contribution in [2.24, 2.45) is 0 Å². The Morgan fingerprint density at radius 3 is 2.67 bits per heavy atom. The molecule has 4 nitrogen and oxygen atoms in total. The van der Waals surface area contributed by atoms with Crippen molar-refractivity contribution in [3.05, 3.63) is 64.2 Å². The molecule has 2 aromatic rings. The van der Waals surface area contributed by atoms with E-state index in [-0.39, 0.29) is 5.57 Å². The Kier molecular flexibility index (Phi) is 4.59. The SMILES string of the molecule is COC(=O)C(C#N)=C(Nc1ccc2c(c1)-c1ccccc1C2)SC. The van der Waals surface area contributed by atoms with Gasteiger partial charge in [0.25, 0.3) is 0 Å². The summed E-state index contributed by atoms with van der Waals surface area (Å²) in [6.07, 6.45) is 2.74. The van der Waals surface area contributed by atoms with E-state index in [2.05, 4.69) is 34.3 Å². The number of fused-ring (bicyclic) bond motifs is 3. The highest BCUT2D eigenvalue weighted by molar-refractivity contribution is 8.02. The van der Waals surface area contributed by atoms with Gasteiger partial charge in [-0.2, -0.15) is 5.26 Å². The Morgan fingerprint density at radius 2 is 1.96 bits per heavy atom. The zero-order valence-corrected chi connectivity index (χ0v) is 14.2. The lowest BCUT2D eigenvalue weighted by Crippen LogP contribution is -2.09. The number of methoxy groups -OCH3 is 1. The number of hydrogen-bond donors (Lipinski definition) is 1. The number of nitrogens with one attached hydrogen (secondary N) is 1. The van der Waals surface area contributed by atoms with Gasteiger partial charge in [0.05, 0.1) is 12.1 Å². The third-order valence-corrected chi connectivity index (χ3v) is 4.70. The quantitative estimate of drug-likeness (QED) is 0.444.